The van der Waals surface area contributed by atoms with Crippen LogP contribution >= 0.6 is 0 Å². The first-order valence-corrected chi connectivity index (χ1v) is 19.4. The van der Waals surface area contributed by atoms with Crippen LogP contribution in [0.3, 0.4) is 0 Å². The molecular weight excluding hydrogens is 681 g/mol. The van der Waals surface area contributed by atoms with Crippen LogP contribution in [0.4, 0.5) is 0 Å². The van der Waals surface area contributed by atoms with Crippen molar-refractivity contribution in [3.8, 4) is 34.0 Å². The van der Waals surface area contributed by atoms with Gasteiger partial charge in [-0.3, -0.25) is 4.57 Å². The highest BCUT2D eigenvalue weighted by Gasteiger charge is 2.23. The minimum atomic E-state index is 0.695. The molecule has 8 aromatic carbocycles. The Kier molecular flexibility index (Phi) is 6.72. The highest BCUT2D eigenvalue weighted by atomic mass is 15.2. The Balaban J connectivity index is 1.04. The average Bonchev–Trinajstić information content (AvgIpc) is 3.79. The van der Waals surface area contributed by atoms with Gasteiger partial charge in [0.05, 0.1) is 33.5 Å². The van der Waals surface area contributed by atoms with E-state index < -0.39 is 0 Å². The summed E-state index contributed by atoms with van der Waals surface area (Å²) in [6.07, 6.45) is 6.57. The molecule has 3 aromatic heterocycles. The third-order valence-corrected chi connectivity index (χ3v) is 11.8. The fourth-order valence-electron chi connectivity index (χ4n) is 9.27. The van der Waals surface area contributed by atoms with Crippen molar-refractivity contribution in [2.24, 2.45) is 0 Å². The van der Waals surface area contributed by atoms with E-state index in [9.17, 15) is 0 Å². The molecule has 0 fully saturated rings. The molecule has 1 aliphatic carbocycles. The molecule has 11 aromatic rings. The van der Waals surface area contributed by atoms with E-state index >= 15 is 0 Å². The topological polar surface area (TPSA) is 35.6 Å². The van der Waals surface area contributed by atoms with Crippen molar-refractivity contribution in [2.45, 2.75) is 12.8 Å². The minimum absolute atomic E-state index is 0.695. The van der Waals surface area contributed by atoms with Gasteiger partial charge in [0.25, 0.3) is 0 Å². The summed E-state index contributed by atoms with van der Waals surface area (Å²) in [4.78, 5) is 10.7. The Morgan fingerprint density at radius 2 is 1.14 bits per heavy atom. The number of para-hydroxylation sites is 2. The van der Waals surface area contributed by atoms with Crippen LogP contribution < -0.4 is 0 Å². The van der Waals surface area contributed by atoms with Gasteiger partial charge in [0.15, 0.2) is 0 Å². The molecule has 0 aliphatic heterocycles. The maximum Gasteiger partial charge on any atom is 0.235 e. The molecular formula is C52H34N4. The fraction of sp³-hybridized carbons (Fsp3) is 0.0385. The van der Waals surface area contributed by atoms with E-state index in [0.29, 0.717) is 5.95 Å². The molecule has 0 amide bonds. The normalized spacial score (nSPS) is 12.8. The number of benzene rings is 8. The Hall–Kier alpha value is -7.30. The van der Waals surface area contributed by atoms with E-state index in [1.54, 1.807) is 0 Å². The molecule has 0 atom stereocenters. The van der Waals surface area contributed by atoms with Crippen molar-refractivity contribution >= 4 is 71.2 Å². The van der Waals surface area contributed by atoms with Crippen LogP contribution in [-0.2, 0) is 6.42 Å². The van der Waals surface area contributed by atoms with Crippen LogP contribution in [0.1, 0.15) is 17.7 Å². The van der Waals surface area contributed by atoms with Crippen molar-refractivity contribution in [3.05, 3.63) is 187 Å². The first-order valence-electron chi connectivity index (χ1n) is 19.4. The molecule has 0 saturated carbocycles. The molecule has 0 unspecified atom stereocenters. The largest absolute Gasteiger partial charge is 0.309 e. The Morgan fingerprint density at radius 1 is 0.464 bits per heavy atom. The summed E-state index contributed by atoms with van der Waals surface area (Å²) < 4.78 is 4.68. The number of allylic oxidation sites excluding steroid dienone is 1. The predicted octanol–water partition coefficient (Wildman–Crippen LogP) is 13.3. The van der Waals surface area contributed by atoms with Crippen LogP contribution in [0.15, 0.2) is 176 Å². The van der Waals surface area contributed by atoms with Gasteiger partial charge in [0, 0.05) is 32.8 Å². The number of nitrogens with zero attached hydrogens (tertiary/aromatic N) is 4. The van der Waals surface area contributed by atoms with Gasteiger partial charge >= 0.3 is 0 Å². The molecule has 0 radical (unpaired) electrons. The SMILES string of the molecule is C1=Cc2c(c3c4ccccc4ccc3n2-c2nc(-c3ccc4c(c3)c3ccccc3n4-c3ccc(-c4cccc5ccccc45)cc3)c3ccccc3n2)CC1. The third-order valence-electron chi connectivity index (χ3n) is 11.8. The zero-order valence-electron chi connectivity index (χ0n) is 30.5. The molecule has 0 N–H and O–H groups in total. The van der Waals surface area contributed by atoms with Gasteiger partial charge in [-0.05, 0) is 99.6 Å². The van der Waals surface area contributed by atoms with Crippen LogP contribution in [0.5, 0.6) is 0 Å². The monoisotopic (exact) mass is 714 g/mol. The highest BCUT2D eigenvalue weighted by Crippen LogP contribution is 2.40. The second-order valence-corrected chi connectivity index (χ2v) is 14.9. The van der Waals surface area contributed by atoms with Crippen molar-refractivity contribution in [1.82, 2.24) is 19.1 Å². The number of aryl methyl sites for hydroxylation is 1. The number of rotatable bonds is 4. The lowest BCUT2D eigenvalue weighted by atomic mass is 9.97. The Labute approximate surface area is 323 Å². The second-order valence-electron chi connectivity index (χ2n) is 14.9. The van der Waals surface area contributed by atoms with Crippen molar-refractivity contribution in [3.63, 3.8) is 0 Å². The molecule has 56 heavy (non-hydrogen) atoms. The molecule has 4 nitrogen and oxygen atoms in total. The third kappa shape index (κ3) is 4.59. The number of fused-ring (bicyclic) bond motifs is 10. The van der Waals surface area contributed by atoms with Crippen LogP contribution in [0.25, 0.3) is 105 Å². The Morgan fingerprint density at radius 3 is 2.02 bits per heavy atom. The van der Waals surface area contributed by atoms with E-state index in [-0.39, 0.29) is 0 Å². The molecule has 0 spiro atoms. The number of aromatic nitrogens is 4. The molecule has 0 saturated heterocycles. The van der Waals surface area contributed by atoms with Gasteiger partial charge < -0.3 is 4.57 Å². The maximum atomic E-state index is 5.47. The van der Waals surface area contributed by atoms with E-state index in [0.717, 1.165) is 51.7 Å². The smallest absolute Gasteiger partial charge is 0.235 e. The number of hydrogen-bond donors (Lipinski definition) is 0. The second kappa shape index (κ2) is 12.1. The van der Waals surface area contributed by atoms with Crippen molar-refractivity contribution in [1.29, 1.82) is 0 Å². The van der Waals surface area contributed by atoms with Crippen LogP contribution in [0.2, 0.25) is 0 Å². The minimum Gasteiger partial charge on any atom is -0.309 e. The maximum absolute atomic E-state index is 5.47. The van der Waals surface area contributed by atoms with Gasteiger partial charge in [0.2, 0.25) is 5.95 Å². The quantitative estimate of drug-likeness (QED) is 0.182. The summed E-state index contributed by atoms with van der Waals surface area (Å²) in [6, 6.07) is 61.3. The van der Waals surface area contributed by atoms with Crippen LogP contribution in [-0.4, -0.2) is 19.1 Å². The lowest BCUT2D eigenvalue weighted by Gasteiger charge is -2.14. The lowest BCUT2D eigenvalue weighted by molar-refractivity contribution is 0.929. The lowest BCUT2D eigenvalue weighted by Crippen LogP contribution is -2.06. The van der Waals surface area contributed by atoms with Crippen molar-refractivity contribution < 1.29 is 0 Å². The van der Waals surface area contributed by atoms with Gasteiger partial charge in [-0.2, -0.15) is 0 Å². The standard InChI is InChI=1S/C52H34N4/c1-3-15-38-33(12-1)14-11-20-39(38)35-24-28-37(29-25-35)55-46-22-9-6-17-41(46)44-32-36(27-30-48(44)55)51-42-18-5-8-21-45(42)53-52(54-51)56-47-23-10-7-19-43(47)50-40-16-4-2-13-34(40)26-31-49(50)56/h1-6,8-18,20-32H,7,19H2. The zero-order valence-corrected chi connectivity index (χ0v) is 30.5. The molecule has 1 aliphatic rings. The van der Waals surface area contributed by atoms with Gasteiger partial charge in [-0.15, -0.1) is 0 Å². The molecule has 12 rings (SSSR count). The van der Waals surface area contributed by atoms with Gasteiger partial charge in [0.1, 0.15) is 0 Å². The molecule has 4 heteroatoms. The summed E-state index contributed by atoms with van der Waals surface area (Å²) in [5.41, 5.74) is 12.5. The van der Waals surface area contributed by atoms with Gasteiger partial charge in [-0.25, -0.2) is 9.97 Å². The predicted molar refractivity (Wildman–Crippen MR) is 234 cm³/mol. The van der Waals surface area contributed by atoms with E-state index in [1.807, 2.05) is 0 Å². The fourth-order valence-corrected chi connectivity index (χ4v) is 9.27. The first-order chi connectivity index (χ1) is 27.8. The number of hydrogen-bond acceptors (Lipinski definition) is 2. The van der Waals surface area contributed by atoms with Crippen LogP contribution in [0, 0.1) is 0 Å². The first kappa shape index (κ1) is 31.1. The molecule has 262 valence electrons. The summed E-state index contributed by atoms with van der Waals surface area (Å²) >= 11 is 0. The van der Waals surface area contributed by atoms with E-state index in [2.05, 4.69) is 191 Å². The highest BCUT2D eigenvalue weighted by molar-refractivity contribution is 6.12. The summed E-state index contributed by atoms with van der Waals surface area (Å²) in [5, 5.41) is 9.80. The molecule has 0 bridgehead atoms. The van der Waals surface area contributed by atoms with E-state index in [4.69, 9.17) is 9.97 Å². The zero-order chi connectivity index (χ0) is 36.7. The average molecular weight is 715 g/mol. The van der Waals surface area contributed by atoms with E-state index in [1.165, 1.54) is 65.6 Å². The summed E-state index contributed by atoms with van der Waals surface area (Å²) in [5.74, 6) is 0.695. The summed E-state index contributed by atoms with van der Waals surface area (Å²) in [6.45, 7) is 0. The van der Waals surface area contributed by atoms with Crippen molar-refractivity contribution in [2.75, 3.05) is 0 Å². The molecule has 3 heterocycles. The summed E-state index contributed by atoms with van der Waals surface area (Å²) in [7, 11) is 0. The Bertz CT molecular complexity index is 3410. The van der Waals surface area contributed by atoms with Gasteiger partial charge in [-0.1, -0.05) is 133 Å².